The molecule has 6 heteroatoms. The molecule has 0 radical (unpaired) electrons. The second-order valence-corrected chi connectivity index (χ2v) is 4.92. The fourth-order valence-electron chi connectivity index (χ4n) is 2.10. The number of amides is 1. The van der Waals surface area contributed by atoms with Crippen LogP contribution in [-0.4, -0.2) is 25.7 Å². The molecule has 110 valence electrons. The van der Waals surface area contributed by atoms with Crippen molar-refractivity contribution in [3.05, 3.63) is 65.7 Å². The topological polar surface area (TPSA) is 72.7 Å². The molecule has 0 saturated heterocycles. The van der Waals surface area contributed by atoms with Crippen LogP contribution in [0, 0.1) is 13.8 Å². The Bertz CT molecular complexity index is 810. The van der Waals surface area contributed by atoms with Crippen LogP contribution in [0.4, 0.5) is 5.69 Å². The lowest BCUT2D eigenvalue weighted by Crippen LogP contribution is -2.13. The Balaban J connectivity index is 1.81. The number of aromatic nitrogens is 4. The number of benzene rings is 1. The van der Waals surface area contributed by atoms with Crippen molar-refractivity contribution in [1.29, 1.82) is 0 Å². The maximum atomic E-state index is 12.4. The Labute approximate surface area is 127 Å². The van der Waals surface area contributed by atoms with E-state index in [1.165, 1.54) is 4.68 Å². The highest BCUT2D eigenvalue weighted by Crippen LogP contribution is 2.15. The molecule has 3 rings (SSSR count). The average Bonchev–Trinajstić information content (AvgIpc) is 2.99. The Morgan fingerprint density at radius 2 is 1.91 bits per heavy atom. The van der Waals surface area contributed by atoms with E-state index >= 15 is 0 Å². The maximum absolute atomic E-state index is 12.4. The van der Waals surface area contributed by atoms with Crippen molar-refractivity contribution in [2.45, 2.75) is 13.8 Å². The van der Waals surface area contributed by atoms with E-state index in [1.807, 2.05) is 32.0 Å². The molecule has 0 unspecified atom stereocenters. The first kappa shape index (κ1) is 13.9. The van der Waals surface area contributed by atoms with E-state index in [2.05, 4.69) is 20.4 Å². The van der Waals surface area contributed by atoms with Gasteiger partial charge in [-0.05, 0) is 37.1 Å². The van der Waals surface area contributed by atoms with Crippen LogP contribution in [0.2, 0.25) is 0 Å². The molecule has 3 aromatic rings. The van der Waals surface area contributed by atoms with Crippen molar-refractivity contribution >= 4 is 11.6 Å². The van der Waals surface area contributed by atoms with E-state index in [-0.39, 0.29) is 5.91 Å². The summed E-state index contributed by atoms with van der Waals surface area (Å²) in [5.74, 6) is 0.296. The first-order valence-corrected chi connectivity index (χ1v) is 6.85. The molecule has 6 nitrogen and oxygen atoms in total. The minimum atomic E-state index is -0.158. The molecule has 2 aromatic heterocycles. The first-order chi connectivity index (χ1) is 10.6. The highest BCUT2D eigenvalue weighted by Gasteiger charge is 2.12. The Kier molecular flexibility index (Phi) is 3.65. The third-order valence-electron chi connectivity index (χ3n) is 3.45. The average molecular weight is 293 g/mol. The number of carbonyl (C=O) groups excluding carboxylic acids is 1. The van der Waals surface area contributed by atoms with Crippen molar-refractivity contribution in [2.24, 2.45) is 0 Å². The molecule has 0 aliphatic rings. The van der Waals surface area contributed by atoms with Gasteiger partial charge >= 0.3 is 0 Å². The Hall–Kier alpha value is -3.02. The van der Waals surface area contributed by atoms with E-state index in [0.717, 1.165) is 11.1 Å². The molecule has 1 N–H and O–H groups in total. The van der Waals surface area contributed by atoms with E-state index < -0.39 is 0 Å². The first-order valence-electron chi connectivity index (χ1n) is 6.85. The molecular weight excluding hydrogens is 278 g/mol. The summed E-state index contributed by atoms with van der Waals surface area (Å²) in [5.41, 5.74) is 3.31. The number of nitrogens with zero attached hydrogens (tertiary/aromatic N) is 4. The number of hydrogen-bond donors (Lipinski definition) is 1. The molecule has 0 bridgehead atoms. The van der Waals surface area contributed by atoms with Gasteiger partial charge in [-0.25, -0.2) is 14.6 Å². The van der Waals surface area contributed by atoms with Crippen molar-refractivity contribution in [2.75, 3.05) is 5.32 Å². The van der Waals surface area contributed by atoms with Crippen LogP contribution >= 0.6 is 0 Å². The fourth-order valence-corrected chi connectivity index (χ4v) is 2.10. The summed E-state index contributed by atoms with van der Waals surface area (Å²) in [6.45, 7) is 3.92. The van der Waals surface area contributed by atoms with Gasteiger partial charge in [0, 0.05) is 18.0 Å². The predicted molar refractivity (Wildman–Crippen MR) is 83.0 cm³/mol. The van der Waals surface area contributed by atoms with Crippen LogP contribution in [0.25, 0.3) is 5.95 Å². The van der Waals surface area contributed by atoms with Gasteiger partial charge in [-0.1, -0.05) is 12.1 Å². The highest BCUT2D eigenvalue weighted by molar-refractivity contribution is 6.05. The van der Waals surface area contributed by atoms with Crippen molar-refractivity contribution in [1.82, 2.24) is 19.7 Å². The number of carbonyl (C=O) groups is 1. The standard InChI is InChI=1S/C16H15N5O/c1-11-5-3-6-14(12(11)2)15(22)20-13-9-19-21(10-13)16-17-7-4-8-18-16/h3-10H,1-2H3,(H,20,22). The predicted octanol–water partition coefficient (Wildman–Crippen LogP) is 2.53. The lowest BCUT2D eigenvalue weighted by molar-refractivity contribution is 0.102. The number of hydrogen-bond acceptors (Lipinski definition) is 4. The highest BCUT2D eigenvalue weighted by atomic mass is 16.1. The normalized spacial score (nSPS) is 10.5. The third-order valence-corrected chi connectivity index (χ3v) is 3.45. The Morgan fingerprint density at radius 1 is 1.14 bits per heavy atom. The van der Waals surface area contributed by atoms with Crippen molar-refractivity contribution in [3.63, 3.8) is 0 Å². The van der Waals surface area contributed by atoms with E-state index in [9.17, 15) is 4.79 Å². The van der Waals surface area contributed by atoms with Gasteiger partial charge in [-0.3, -0.25) is 4.79 Å². The smallest absolute Gasteiger partial charge is 0.256 e. The van der Waals surface area contributed by atoms with Crippen LogP contribution in [0.3, 0.4) is 0 Å². The van der Waals surface area contributed by atoms with Gasteiger partial charge in [-0.15, -0.1) is 0 Å². The van der Waals surface area contributed by atoms with Gasteiger partial charge < -0.3 is 5.32 Å². The van der Waals surface area contributed by atoms with E-state index in [0.29, 0.717) is 17.2 Å². The number of aryl methyl sites for hydroxylation is 1. The zero-order valence-electron chi connectivity index (χ0n) is 12.3. The molecule has 0 fully saturated rings. The maximum Gasteiger partial charge on any atom is 0.256 e. The molecule has 0 spiro atoms. The lowest BCUT2D eigenvalue weighted by Gasteiger charge is -2.07. The quantitative estimate of drug-likeness (QED) is 0.805. The minimum Gasteiger partial charge on any atom is -0.319 e. The number of nitrogens with one attached hydrogen (secondary N) is 1. The second-order valence-electron chi connectivity index (χ2n) is 4.92. The molecule has 1 amide bonds. The molecule has 0 saturated carbocycles. The molecular formula is C16H15N5O. The van der Waals surface area contributed by atoms with Gasteiger partial charge in [-0.2, -0.15) is 5.10 Å². The molecule has 0 aliphatic heterocycles. The number of rotatable bonds is 3. The van der Waals surface area contributed by atoms with Crippen molar-refractivity contribution < 1.29 is 4.79 Å². The van der Waals surface area contributed by atoms with Crippen LogP contribution in [-0.2, 0) is 0 Å². The molecule has 0 aliphatic carbocycles. The van der Waals surface area contributed by atoms with Crippen LogP contribution < -0.4 is 5.32 Å². The summed E-state index contributed by atoms with van der Waals surface area (Å²) in [6, 6.07) is 7.40. The minimum absolute atomic E-state index is 0.158. The van der Waals surface area contributed by atoms with E-state index in [4.69, 9.17) is 0 Å². The summed E-state index contributed by atoms with van der Waals surface area (Å²) in [5, 5.41) is 6.99. The lowest BCUT2D eigenvalue weighted by atomic mass is 10.0. The molecule has 22 heavy (non-hydrogen) atoms. The summed E-state index contributed by atoms with van der Waals surface area (Å²) in [6.07, 6.45) is 6.52. The molecule has 2 heterocycles. The van der Waals surface area contributed by atoms with Crippen molar-refractivity contribution in [3.8, 4) is 5.95 Å². The summed E-state index contributed by atoms with van der Waals surface area (Å²) < 4.78 is 1.51. The number of anilines is 1. The SMILES string of the molecule is Cc1cccc(C(=O)Nc2cnn(-c3ncccn3)c2)c1C. The van der Waals surface area contributed by atoms with Gasteiger partial charge in [0.2, 0.25) is 5.95 Å². The second kappa shape index (κ2) is 5.77. The largest absolute Gasteiger partial charge is 0.319 e. The van der Waals surface area contributed by atoms with Gasteiger partial charge in [0.15, 0.2) is 0 Å². The molecule has 0 atom stereocenters. The zero-order chi connectivity index (χ0) is 15.5. The zero-order valence-corrected chi connectivity index (χ0v) is 12.3. The van der Waals surface area contributed by atoms with E-state index in [1.54, 1.807) is 30.9 Å². The molecule has 1 aromatic carbocycles. The van der Waals surface area contributed by atoms with Gasteiger partial charge in [0.1, 0.15) is 0 Å². The Morgan fingerprint density at radius 3 is 2.68 bits per heavy atom. The monoisotopic (exact) mass is 293 g/mol. The fraction of sp³-hybridized carbons (Fsp3) is 0.125. The summed E-state index contributed by atoms with van der Waals surface area (Å²) in [7, 11) is 0. The van der Waals surface area contributed by atoms with Crippen LogP contribution in [0.15, 0.2) is 49.1 Å². The third kappa shape index (κ3) is 2.71. The van der Waals surface area contributed by atoms with Crippen LogP contribution in [0.1, 0.15) is 21.5 Å². The van der Waals surface area contributed by atoms with Crippen LogP contribution in [0.5, 0.6) is 0 Å². The van der Waals surface area contributed by atoms with Gasteiger partial charge in [0.05, 0.1) is 18.1 Å². The van der Waals surface area contributed by atoms with Gasteiger partial charge in [0.25, 0.3) is 5.91 Å². The summed E-state index contributed by atoms with van der Waals surface area (Å²) >= 11 is 0. The summed E-state index contributed by atoms with van der Waals surface area (Å²) in [4.78, 5) is 20.6.